The van der Waals surface area contributed by atoms with Crippen molar-refractivity contribution in [1.82, 2.24) is 9.97 Å². The summed E-state index contributed by atoms with van der Waals surface area (Å²) in [6.07, 6.45) is 3.98. The molecule has 0 saturated carbocycles. The molecule has 2 heterocycles. The molecule has 17 heavy (non-hydrogen) atoms. The number of aromatic nitrogens is 2. The van der Waals surface area contributed by atoms with Crippen molar-refractivity contribution in [3.8, 4) is 10.7 Å². The zero-order valence-electron chi connectivity index (χ0n) is 10.6. The lowest BCUT2D eigenvalue weighted by atomic mass is 10.1. The molecule has 0 aliphatic rings. The molecule has 2 nitrogen and oxygen atoms in total. The van der Waals surface area contributed by atoms with Crippen molar-refractivity contribution in [2.45, 2.75) is 39.5 Å². The molecule has 3 heteroatoms. The molecule has 2 aromatic rings. The van der Waals surface area contributed by atoms with E-state index in [1.807, 2.05) is 12.3 Å². The molecule has 0 saturated heterocycles. The minimum absolute atomic E-state index is 0.536. The number of hydrogen-bond acceptors (Lipinski definition) is 3. The maximum absolute atomic E-state index is 4.72. The first-order chi connectivity index (χ1) is 8.26. The van der Waals surface area contributed by atoms with Crippen LogP contribution in [0, 0.1) is 0 Å². The van der Waals surface area contributed by atoms with E-state index in [4.69, 9.17) is 4.98 Å². The first-order valence-electron chi connectivity index (χ1n) is 6.15. The topological polar surface area (TPSA) is 25.8 Å². The molecule has 0 N–H and O–H groups in total. The number of aryl methyl sites for hydroxylation is 1. The van der Waals surface area contributed by atoms with Gasteiger partial charge >= 0.3 is 0 Å². The smallest absolute Gasteiger partial charge is 0.142 e. The predicted octanol–water partition coefficient (Wildman–Crippen LogP) is 4.28. The van der Waals surface area contributed by atoms with Gasteiger partial charge in [0.2, 0.25) is 0 Å². The average molecular weight is 246 g/mol. The molecular formula is C14H18N2S. The summed E-state index contributed by atoms with van der Waals surface area (Å²) in [5, 5.41) is 3.22. The molecule has 2 aromatic heterocycles. The predicted molar refractivity (Wildman–Crippen MR) is 73.4 cm³/mol. The number of nitrogens with zero attached hydrogens (tertiary/aromatic N) is 2. The normalized spacial score (nSPS) is 12.6. The third-order valence-electron chi connectivity index (χ3n) is 3.11. The Balaban J connectivity index is 2.37. The summed E-state index contributed by atoms with van der Waals surface area (Å²) in [5.41, 5.74) is 3.52. The summed E-state index contributed by atoms with van der Waals surface area (Å²) in [5.74, 6) is 0.536. The van der Waals surface area contributed by atoms with Crippen LogP contribution in [0.15, 0.2) is 23.7 Å². The maximum Gasteiger partial charge on any atom is 0.142 e. The number of hydrogen-bond donors (Lipinski definition) is 0. The van der Waals surface area contributed by atoms with Crippen LogP contribution in [0.3, 0.4) is 0 Å². The van der Waals surface area contributed by atoms with Gasteiger partial charge in [-0.2, -0.15) is 0 Å². The van der Waals surface area contributed by atoms with Gasteiger partial charge in [-0.25, -0.2) is 4.98 Å². The second-order valence-corrected chi connectivity index (χ2v) is 5.11. The van der Waals surface area contributed by atoms with E-state index < -0.39 is 0 Å². The van der Waals surface area contributed by atoms with Crippen LogP contribution in [0.2, 0.25) is 0 Å². The number of rotatable bonds is 4. The Hall–Kier alpha value is -1.22. The average Bonchev–Trinajstić information content (AvgIpc) is 2.87. The molecular weight excluding hydrogens is 228 g/mol. The van der Waals surface area contributed by atoms with E-state index >= 15 is 0 Å². The van der Waals surface area contributed by atoms with Crippen molar-refractivity contribution >= 4 is 11.3 Å². The van der Waals surface area contributed by atoms with Crippen LogP contribution >= 0.6 is 11.3 Å². The molecule has 0 amide bonds. The van der Waals surface area contributed by atoms with Gasteiger partial charge in [0.25, 0.3) is 0 Å². The summed E-state index contributed by atoms with van der Waals surface area (Å²) in [7, 11) is 0. The summed E-state index contributed by atoms with van der Waals surface area (Å²) in [4.78, 5) is 9.18. The molecule has 0 aliphatic heterocycles. The number of thiazole rings is 1. The minimum Gasteiger partial charge on any atom is -0.253 e. The summed E-state index contributed by atoms with van der Waals surface area (Å²) in [6, 6.07) is 4.12. The zero-order valence-corrected chi connectivity index (χ0v) is 11.4. The first-order valence-corrected chi connectivity index (χ1v) is 7.03. The first kappa shape index (κ1) is 12.2. The van der Waals surface area contributed by atoms with Gasteiger partial charge in [0, 0.05) is 11.6 Å². The Morgan fingerprint density at radius 1 is 1.35 bits per heavy atom. The SMILES string of the molecule is CCc1cccnc1-c1nc(C(C)CC)cs1. The van der Waals surface area contributed by atoms with E-state index in [9.17, 15) is 0 Å². The Labute approximate surface area is 107 Å². The lowest BCUT2D eigenvalue weighted by Gasteiger charge is -2.04. The Morgan fingerprint density at radius 2 is 2.18 bits per heavy atom. The van der Waals surface area contributed by atoms with Crippen molar-refractivity contribution in [3.05, 3.63) is 35.0 Å². The standard InChI is InChI=1S/C14H18N2S/c1-4-10(3)12-9-17-14(16-12)13-11(5-2)7-6-8-15-13/h6-10H,4-5H2,1-3H3. The van der Waals surface area contributed by atoms with Gasteiger partial charge in [0.15, 0.2) is 0 Å². The second kappa shape index (κ2) is 5.41. The van der Waals surface area contributed by atoms with Gasteiger partial charge in [-0.15, -0.1) is 11.3 Å². The fraction of sp³-hybridized carbons (Fsp3) is 0.429. The van der Waals surface area contributed by atoms with Crippen LogP contribution in [0.5, 0.6) is 0 Å². The van der Waals surface area contributed by atoms with Gasteiger partial charge < -0.3 is 0 Å². The lowest BCUT2D eigenvalue weighted by Crippen LogP contribution is -1.93. The van der Waals surface area contributed by atoms with E-state index in [1.165, 1.54) is 11.3 Å². The molecule has 0 bridgehead atoms. The van der Waals surface area contributed by atoms with Crippen LogP contribution in [0.1, 0.15) is 44.4 Å². The molecule has 2 rings (SSSR count). The second-order valence-electron chi connectivity index (χ2n) is 4.25. The van der Waals surface area contributed by atoms with Crippen molar-refractivity contribution < 1.29 is 0 Å². The Kier molecular flexibility index (Phi) is 3.89. The largest absolute Gasteiger partial charge is 0.253 e. The highest BCUT2D eigenvalue weighted by Crippen LogP contribution is 2.28. The van der Waals surface area contributed by atoms with Crippen molar-refractivity contribution in [1.29, 1.82) is 0 Å². The molecule has 90 valence electrons. The van der Waals surface area contributed by atoms with Gasteiger partial charge in [-0.05, 0) is 30.4 Å². The number of pyridine rings is 1. The highest BCUT2D eigenvalue weighted by atomic mass is 32.1. The summed E-state index contributed by atoms with van der Waals surface area (Å²) >= 11 is 1.70. The van der Waals surface area contributed by atoms with Gasteiger partial charge in [0.1, 0.15) is 10.7 Å². The quantitative estimate of drug-likeness (QED) is 0.804. The van der Waals surface area contributed by atoms with Gasteiger partial charge in [-0.3, -0.25) is 4.98 Å². The van der Waals surface area contributed by atoms with Crippen molar-refractivity contribution in [2.24, 2.45) is 0 Å². The van der Waals surface area contributed by atoms with E-state index in [0.29, 0.717) is 5.92 Å². The molecule has 0 aliphatic carbocycles. The zero-order chi connectivity index (χ0) is 12.3. The lowest BCUT2D eigenvalue weighted by molar-refractivity contribution is 0.714. The Morgan fingerprint density at radius 3 is 2.88 bits per heavy atom. The summed E-state index contributed by atoms with van der Waals surface area (Å²) in [6.45, 7) is 6.57. The third-order valence-corrected chi connectivity index (χ3v) is 3.98. The molecule has 0 fully saturated rings. The molecule has 0 aromatic carbocycles. The van der Waals surface area contributed by atoms with Crippen LogP contribution in [0.25, 0.3) is 10.7 Å². The molecule has 1 atom stereocenters. The van der Waals surface area contributed by atoms with Crippen LogP contribution < -0.4 is 0 Å². The van der Waals surface area contributed by atoms with Crippen LogP contribution in [0.4, 0.5) is 0 Å². The van der Waals surface area contributed by atoms with Crippen molar-refractivity contribution in [2.75, 3.05) is 0 Å². The van der Waals surface area contributed by atoms with E-state index in [0.717, 1.165) is 23.5 Å². The van der Waals surface area contributed by atoms with Crippen LogP contribution in [-0.4, -0.2) is 9.97 Å². The van der Waals surface area contributed by atoms with E-state index in [2.05, 4.69) is 37.2 Å². The van der Waals surface area contributed by atoms with E-state index in [-0.39, 0.29) is 0 Å². The maximum atomic E-state index is 4.72. The monoisotopic (exact) mass is 246 g/mol. The van der Waals surface area contributed by atoms with Gasteiger partial charge in [-0.1, -0.05) is 26.8 Å². The van der Waals surface area contributed by atoms with Crippen LogP contribution in [-0.2, 0) is 6.42 Å². The third kappa shape index (κ3) is 2.55. The minimum atomic E-state index is 0.536. The van der Waals surface area contributed by atoms with Gasteiger partial charge in [0.05, 0.1) is 5.69 Å². The highest BCUT2D eigenvalue weighted by Gasteiger charge is 2.12. The highest BCUT2D eigenvalue weighted by molar-refractivity contribution is 7.13. The summed E-state index contributed by atoms with van der Waals surface area (Å²) < 4.78 is 0. The fourth-order valence-electron chi connectivity index (χ4n) is 1.75. The molecule has 1 unspecified atom stereocenters. The molecule has 0 radical (unpaired) electrons. The van der Waals surface area contributed by atoms with E-state index in [1.54, 1.807) is 11.3 Å². The Bertz CT molecular complexity index is 490. The van der Waals surface area contributed by atoms with Crippen molar-refractivity contribution in [3.63, 3.8) is 0 Å². The fourth-order valence-corrected chi connectivity index (χ4v) is 2.72. The molecule has 0 spiro atoms.